The van der Waals surface area contributed by atoms with Gasteiger partial charge in [-0.2, -0.15) is 0 Å². The highest BCUT2D eigenvalue weighted by Crippen LogP contribution is 2.09. The zero-order valence-corrected chi connectivity index (χ0v) is 20.4. The van der Waals surface area contributed by atoms with E-state index in [4.69, 9.17) is 4.99 Å². The van der Waals surface area contributed by atoms with Crippen molar-refractivity contribution in [2.45, 2.75) is 52.1 Å². The number of guanidine groups is 1. The molecule has 6 heteroatoms. The van der Waals surface area contributed by atoms with E-state index in [9.17, 15) is 0 Å². The lowest BCUT2D eigenvalue weighted by Gasteiger charge is -2.20. The highest BCUT2D eigenvalue weighted by Gasteiger charge is 2.08. The molecule has 0 unspecified atom stereocenters. The number of aliphatic imine (C=N–C) groups is 1. The van der Waals surface area contributed by atoms with Gasteiger partial charge in [-0.15, -0.1) is 24.0 Å². The first-order chi connectivity index (χ1) is 13.2. The summed E-state index contributed by atoms with van der Waals surface area (Å²) in [6.07, 6.45) is 6.71. The number of hydrogen-bond acceptors (Lipinski definition) is 3. The Morgan fingerprint density at radius 1 is 1.00 bits per heavy atom. The molecule has 1 aliphatic heterocycles. The third-order valence-corrected chi connectivity index (χ3v) is 4.93. The predicted molar refractivity (Wildman–Crippen MR) is 132 cm³/mol. The van der Waals surface area contributed by atoms with Crippen LogP contribution in [-0.4, -0.2) is 62.6 Å². The van der Waals surface area contributed by atoms with E-state index in [2.05, 4.69) is 65.7 Å². The molecule has 0 aliphatic carbocycles. The minimum Gasteiger partial charge on any atom is -0.357 e. The Bertz CT molecular complexity index is 536. The molecule has 2 rings (SSSR count). The van der Waals surface area contributed by atoms with E-state index in [0.717, 1.165) is 25.6 Å². The maximum atomic E-state index is 4.74. The molecule has 5 nitrogen and oxygen atoms in total. The Kier molecular flexibility index (Phi) is 13.5. The number of benzene rings is 1. The molecule has 160 valence electrons. The van der Waals surface area contributed by atoms with E-state index < -0.39 is 0 Å². The van der Waals surface area contributed by atoms with E-state index in [0.29, 0.717) is 6.54 Å². The Morgan fingerprint density at radius 3 is 2.25 bits per heavy atom. The van der Waals surface area contributed by atoms with Gasteiger partial charge in [0.1, 0.15) is 0 Å². The molecule has 1 aromatic rings. The smallest absolute Gasteiger partial charge is 0.191 e. The number of rotatable bonds is 9. The van der Waals surface area contributed by atoms with Gasteiger partial charge in [0, 0.05) is 19.6 Å². The minimum absolute atomic E-state index is 0. The second-order valence-electron chi connectivity index (χ2n) is 7.79. The second-order valence-corrected chi connectivity index (χ2v) is 7.79. The molecule has 0 saturated carbocycles. The Balaban J connectivity index is 0.00000392. The molecule has 0 atom stereocenters. The molecule has 1 aliphatic rings. The van der Waals surface area contributed by atoms with Gasteiger partial charge < -0.3 is 20.4 Å². The molecule has 0 aromatic heterocycles. The summed E-state index contributed by atoms with van der Waals surface area (Å²) in [5, 5.41) is 6.85. The maximum Gasteiger partial charge on any atom is 0.191 e. The normalized spacial score (nSPS) is 15.8. The average Bonchev–Trinajstić information content (AvgIpc) is 2.92. The van der Waals surface area contributed by atoms with E-state index in [1.54, 1.807) is 0 Å². The van der Waals surface area contributed by atoms with Crippen molar-refractivity contribution >= 4 is 29.9 Å². The summed E-state index contributed by atoms with van der Waals surface area (Å²) in [5.74, 6) is 0.922. The molecule has 0 radical (unpaired) electrons. The Hall–Kier alpha value is -0.860. The summed E-state index contributed by atoms with van der Waals surface area (Å²) in [6, 6.07) is 8.77. The Morgan fingerprint density at radius 2 is 1.64 bits per heavy atom. The van der Waals surface area contributed by atoms with Crippen LogP contribution in [0.2, 0.25) is 0 Å². The standard InChI is InChI=1S/C22H39N5.HI/c1-4-23-22(24-14-9-17-27-15-7-5-6-8-16-27)25-18-20-10-12-21(13-11-20)19-26(2)3;/h10-13H,4-9,14-19H2,1-3H3,(H2,23,24,25);1H. The lowest BCUT2D eigenvalue weighted by molar-refractivity contribution is 0.282. The summed E-state index contributed by atoms with van der Waals surface area (Å²) < 4.78 is 0. The van der Waals surface area contributed by atoms with Crippen LogP contribution in [0.4, 0.5) is 0 Å². The van der Waals surface area contributed by atoms with Gasteiger partial charge >= 0.3 is 0 Å². The molecule has 28 heavy (non-hydrogen) atoms. The van der Waals surface area contributed by atoms with E-state index in [1.165, 1.54) is 62.9 Å². The van der Waals surface area contributed by atoms with Crippen LogP contribution in [0, 0.1) is 0 Å². The van der Waals surface area contributed by atoms with Crippen molar-refractivity contribution in [3.8, 4) is 0 Å². The third-order valence-electron chi connectivity index (χ3n) is 4.93. The van der Waals surface area contributed by atoms with Crippen molar-refractivity contribution in [1.29, 1.82) is 0 Å². The van der Waals surface area contributed by atoms with Crippen LogP contribution in [0.25, 0.3) is 0 Å². The SMILES string of the molecule is CCNC(=NCc1ccc(CN(C)C)cc1)NCCCN1CCCCCC1.I. The topological polar surface area (TPSA) is 42.9 Å². The monoisotopic (exact) mass is 501 g/mol. The highest BCUT2D eigenvalue weighted by molar-refractivity contribution is 14.0. The molecule has 2 N–H and O–H groups in total. The van der Waals surface area contributed by atoms with Gasteiger partial charge in [0.2, 0.25) is 0 Å². The van der Waals surface area contributed by atoms with Crippen molar-refractivity contribution in [1.82, 2.24) is 20.4 Å². The lowest BCUT2D eigenvalue weighted by atomic mass is 10.1. The molecular formula is C22H40IN5. The zero-order chi connectivity index (χ0) is 19.3. The van der Waals surface area contributed by atoms with Crippen LogP contribution in [0.3, 0.4) is 0 Å². The van der Waals surface area contributed by atoms with Crippen molar-refractivity contribution in [2.75, 3.05) is 46.8 Å². The van der Waals surface area contributed by atoms with Gasteiger partial charge in [0.05, 0.1) is 6.54 Å². The summed E-state index contributed by atoms with van der Waals surface area (Å²) in [5.41, 5.74) is 2.59. The van der Waals surface area contributed by atoms with Gasteiger partial charge in [0.15, 0.2) is 5.96 Å². The van der Waals surface area contributed by atoms with Crippen molar-refractivity contribution in [3.05, 3.63) is 35.4 Å². The van der Waals surface area contributed by atoms with Crippen LogP contribution in [0.5, 0.6) is 0 Å². The van der Waals surface area contributed by atoms with Crippen LogP contribution in [0.15, 0.2) is 29.3 Å². The fourth-order valence-electron chi connectivity index (χ4n) is 3.50. The van der Waals surface area contributed by atoms with Crippen molar-refractivity contribution < 1.29 is 0 Å². The number of hydrogen-bond donors (Lipinski definition) is 2. The highest BCUT2D eigenvalue weighted by atomic mass is 127. The summed E-state index contributed by atoms with van der Waals surface area (Å²) in [6.45, 7) is 9.42. The number of nitrogens with one attached hydrogen (secondary N) is 2. The van der Waals surface area contributed by atoms with Crippen LogP contribution in [0.1, 0.15) is 50.2 Å². The van der Waals surface area contributed by atoms with E-state index in [1.807, 2.05) is 0 Å². The van der Waals surface area contributed by atoms with Crippen LogP contribution < -0.4 is 10.6 Å². The largest absolute Gasteiger partial charge is 0.357 e. The molecule has 1 saturated heterocycles. The van der Waals surface area contributed by atoms with Crippen molar-refractivity contribution in [3.63, 3.8) is 0 Å². The minimum atomic E-state index is 0. The fraction of sp³-hybridized carbons (Fsp3) is 0.682. The van der Waals surface area contributed by atoms with Gasteiger partial charge in [-0.1, -0.05) is 37.1 Å². The maximum absolute atomic E-state index is 4.74. The summed E-state index contributed by atoms with van der Waals surface area (Å²) in [4.78, 5) is 9.55. The first-order valence-electron chi connectivity index (χ1n) is 10.6. The van der Waals surface area contributed by atoms with E-state index >= 15 is 0 Å². The van der Waals surface area contributed by atoms with Gasteiger partial charge in [-0.25, -0.2) is 4.99 Å². The first kappa shape index (κ1) is 25.2. The number of nitrogens with zero attached hydrogens (tertiary/aromatic N) is 3. The molecule has 0 amide bonds. The first-order valence-corrected chi connectivity index (χ1v) is 10.6. The van der Waals surface area contributed by atoms with Crippen molar-refractivity contribution in [2.24, 2.45) is 4.99 Å². The quantitative estimate of drug-likeness (QED) is 0.235. The lowest BCUT2D eigenvalue weighted by Crippen LogP contribution is -2.39. The van der Waals surface area contributed by atoms with Gasteiger partial charge in [0.25, 0.3) is 0 Å². The predicted octanol–water partition coefficient (Wildman–Crippen LogP) is 3.69. The van der Waals surface area contributed by atoms with Crippen LogP contribution >= 0.6 is 24.0 Å². The number of likely N-dealkylation sites (tertiary alicyclic amines) is 1. The average molecular weight is 502 g/mol. The molecule has 1 fully saturated rings. The Labute approximate surface area is 189 Å². The molecule has 0 spiro atoms. The molecule has 1 heterocycles. The van der Waals surface area contributed by atoms with E-state index in [-0.39, 0.29) is 24.0 Å². The summed E-state index contributed by atoms with van der Waals surface area (Å²) >= 11 is 0. The summed E-state index contributed by atoms with van der Waals surface area (Å²) in [7, 11) is 4.19. The molecule has 0 bridgehead atoms. The second kappa shape index (κ2) is 15.0. The fourth-order valence-corrected chi connectivity index (χ4v) is 3.50. The third kappa shape index (κ3) is 10.6. The van der Waals surface area contributed by atoms with Gasteiger partial charge in [-0.05, 0) is 71.0 Å². The number of halogens is 1. The van der Waals surface area contributed by atoms with Crippen LogP contribution in [-0.2, 0) is 13.1 Å². The zero-order valence-electron chi connectivity index (χ0n) is 18.0. The molecule has 1 aromatic carbocycles. The van der Waals surface area contributed by atoms with Gasteiger partial charge in [-0.3, -0.25) is 0 Å². The molecular weight excluding hydrogens is 461 g/mol.